The minimum absolute atomic E-state index is 0.106. The smallest absolute Gasteiger partial charge is 0.251 e. The number of aryl methyl sites for hydroxylation is 2. The van der Waals surface area contributed by atoms with Gasteiger partial charge < -0.3 is 10.6 Å². The summed E-state index contributed by atoms with van der Waals surface area (Å²) in [5.74, 6) is -0.301. The molecule has 0 fully saturated rings. The zero-order valence-electron chi connectivity index (χ0n) is 17.7. The predicted molar refractivity (Wildman–Crippen MR) is 120 cm³/mol. The second-order valence-electron chi connectivity index (χ2n) is 7.66. The van der Waals surface area contributed by atoms with Gasteiger partial charge in [0.25, 0.3) is 5.91 Å². The maximum atomic E-state index is 12.9. The number of nitrogens with one attached hydrogen (secondary N) is 2. The van der Waals surface area contributed by atoms with E-state index in [0.29, 0.717) is 5.56 Å². The third kappa shape index (κ3) is 5.57. The Morgan fingerprint density at radius 2 is 1.47 bits per heavy atom. The van der Waals surface area contributed by atoms with Crippen molar-refractivity contribution in [2.45, 2.75) is 39.3 Å². The summed E-state index contributed by atoms with van der Waals surface area (Å²) >= 11 is 0. The maximum Gasteiger partial charge on any atom is 0.251 e. The Balaban J connectivity index is 1.73. The van der Waals surface area contributed by atoms with Gasteiger partial charge in [-0.15, -0.1) is 0 Å². The Labute approximate surface area is 178 Å². The van der Waals surface area contributed by atoms with E-state index in [1.165, 1.54) is 0 Å². The Bertz CT molecular complexity index is 1000. The fraction of sp³-hybridized carbons (Fsp3) is 0.231. The molecule has 0 radical (unpaired) electrons. The van der Waals surface area contributed by atoms with E-state index in [2.05, 4.69) is 28.8 Å². The van der Waals surface area contributed by atoms with E-state index in [-0.39, 0.29) is 24.3 Å². The monoisotopic (exact) mass is 400 g/mol. The van der Waals surface area contributed by atoms with Crippen molar-refractivity contribution in [3.05, 3.63) is 107 Å². The van der Waals surface area contributed by atoms with Crippen LogP contribution in [0.1, 0.15) is 58.0 Å². The number of hydrogen-bond donors (Lipinski definition) is 2. The highest BCUT2D eigenvalue weighted by Crippen LogP contribution is 2.21. The van der Waals surface area contributed by atoms with Crippen molar-refractivity contribution in [1.82, 2.24) is 10.6 Å². The van der Waals surface area contributed by atoms with Gasteiger partial charge in [-0.1, -0.05) is 72.3 Å². The topological polar surface area (TPSA) is 58.2 Å². The molecular weight excluding hydrogens is 372 g/mol. The molecule has 4 heteroatoms. The van der Waals surface area contributed by atoms with Crippen molar-refractivity contribution in [3.63, 3.8) is 0 Å². The van der Waals surface area contributed by atoms with Crippen LogP contribution in [0.5, 0.6) is 0 Å². The van der Waals surface area contributed by atoms with Crippen LogP contribution in [0.4, 0.5) is 0 Å². The molecule has 0 spiro atoms. The normalized spacial score (nSPS) is 12.6. The lowest BCUT2D eigenvalue weighted by Gasteiger charge is -2.22. The summed E-state index contributed by atoms with van der Waals surface area (Å²) in [4.78, 5) is 25.6. The van der Waals surface area contributed by atoms with Gasteiger partial charge in [0.05, 0.1) is 18.5 Å². The highest BCUT2D eigenvalue weighted by molar-refractivity contribution is 5.94. The Kier molecular flexibility index (Phi) is 7.02. The van der Waals surface area contributed by atoms with Crippen LogP contribution in [0.25, 0.3) is 0 Å². The van der Waals surface area contributed by atoms with Crippen LogP contribution in [0, 0.1) is 13.8 Å². The zero-order chi connectivity index (χ0) is 21.5. The van der Waals surface area contributed by atoms with Crippen LogP contribution in [-0.2, 0) is 4.79 Å². The number of benzene rings is 3. The molecule has 2 N–H and O–H groups in total. The number of hydrogen-bond acceptors (Lipinski definition) is 2. The first kappa shape index (κ1) is 21.3. The average Bonchev–Trinajstić information content (AvgIpc) is 2.76. The number of rotatable bonds is 7. The summed E-state index contributed by atoms with van der Waals surface area (Å²) in [5, 5.41) is 6.10. The fourth-order valence-electron chi connectivity index (χ4n) is 3.56. The van der Waals surface area contributed by atoms with E-state index in [4.69, 9.17) is 0 Å². The summed E-state index contributed by atoms with van der Waals surface area (Å²) in [6.07, 6.45) is 0.164. The molecule has 3 rings (SSSR count). The first-order chi connectivity index (χ1) is 14.4. The summed E-state index contributed by atoms with van der Waals surface area (Å²) in [7, 11) is 0. The van der Waals surface area contributed by atoms with Gasteiger partial charge in [0.2, 0.25) is 5.91 Å². The summed E-state index contributed by atoms with van der Waals surface area (Å²) in [5.41, 5.74) is 4.88. The molecule has 0 saturated heterocycles. The van der Waals surface area contributed by atoms with E-state index in [0.717, 1.165) is 22.3 Å². The molecule has 0 aliphatic rings. The van der Waals surface area contributed by atoms with Gasteiger partial charge in [-0.05, 0) is 49.6 Å². The van der Waals surface area contributed by atoms with Crippen LogP contribution >= 0.6 is 0 Å². The summed E-state index contributed by atoms with van der Waals surface area (Å²) < 4.78 is 0. The number of carbonyl (C=O) groups is 2. The lowest BCUT2D eigenvalue weighted by Crippen LogP contribution is -2.34. The minimum atomic E-state index is -0.412. The van der Waals surface area contributed by atoms with Crippen molar-refractivity contribution < 1.29 is 9.59 Å². The molecule has 2 unspecified atom stereocenters. The van der Waals surface area contributed by atoms with Crippen molar-refractivity contribution in [2.24, 2.45) is 0 Å². The quantitative estimate of drug-likeness (QED) is 0.584. The molecule has 154 valence electrons. The van der Waals surface area contributed by atoms with Crippen LogP contribution < -0.4 is 10.6 Å². The van der Waals surface area contributed by atoms with Gasteiger partial charge in [-0.2, -0.15) is 0 Å². The molecule has 0 bridgehead atoms. The van der Waals surface area contributed by atoms with Crippen molar-refractivity contribution in [2.75, 3.05) is 0 Å². The summed E-state index contributed by atoms with van der Waals surface area (Å²) in [6, 6.07) is 24.4. The molecule has 0 aliphatic carbocycles. The first-order valence-electron chi connectivity index (χ1n) is 10.2. The minimum Gasteiger partial charge on any atom is -0.349 e. The van der Waals surface area contributed by atoms with Gasteiger partial charge >= 0.3 is 0 Å². The van der Waals surface area contributed by atoms with Crippen LogP contribution in [0.3, 0.4) is 0 Å². The third-order valence-electron chi connectivity index (χ3n) is 5.21. The molecule has 0 saturated carbocycles. The SMILES string of the molecule is Cc1ccc(C)c(C(C)NC(=O)CC(NC(=O)c2ccccc2)c2ccccc2)c1. The number of amides is 2. The molecule has 30 heavy (non-hydrogen) atoms. The van der Waals surface area contributed by atoms with Crippen LogP contribution in [0.15, 0.2) is 78.9 Å². The second-order valence-corrected chi connectivity index (χ2v) is 7.66. The lowest BCUT2D eigenvalue weighted by molar-refractivity contribution is -0.122. The van der Waals surface area contributed by atoms with Crippen LogP contribution in [0.2, 0.25) is 0 Å². The second kappa shape index (κ2) is 9.88. The van der Waals surface area contributed by atoms with E-state index in [1.54, 1.807) is 12.1 Å². The van der Waals surface area contributed by atoms with Crippen molar-refractivity contribution >= 4 is 11.8 Å². The molecule has 3 aromatic rings. The Hall–Kier alpha value is -3.40. The maximum absolute atomic E-state index is 12.9. The largest absolute Gasteiger partial charge is 0.349 e. The van der Waals surface area contributed by atoms with Gasteiger partial charge in [0, 0.05) is 5.56 Å². The van der Waals surface area contributed by atoms with E-state index >= 15 is 0 Å². The molecule has 0 aromatic heterocycles. The van der Waals surface area contributed by atoms with Gasteiger partial charge in [0.1, 0.15) is 0 Å². The van der Waals surface area contributed by atoms with Crippen molar-refractivity contribution in [1.29, 1.82) is 0 Å². The first-order valence-corrected chi connectivity index (χ1v) is 10.2. The highest BCUT2D eigenvalue weighted by Gasteiger charge is 2.21. The molecule has 0 aliphatic heterocycles. The van der Waals surface area contributed by atoms with Gasteiger partial charge in [-0.3, -0.25) is 9.59 Å². The standard InChI is InChI=1S/C26H28N2O2/c1-18-14-15-19(2)23(16-18)20(3)27-25(29)17-24(21-10-6-4-7-11-21)28-26(30)22-12-8-5-9-13-22/h4-16,20,24H,17H2,1-3H3,(H,27,29)(H,28,30). The predicted octanol–water partition coefficient (Wildman–Crippen LogP) is 5.04. The third-order valence-corrected chi connectivity index (χ3v) is 5.21. The molecule has 4 nitrogen and oxygen atoms in total. The highest BCUT2D eigenvalue weighted by atomic mass is 16.2. The Morgan fingerprint density at radius 1 is 0.833 bits per heavy atom. The van der Waals surface area contributed by atoms with E-state index < -0.39 is 6.04 Å². The van der Waals surface area contributed by atoms with Crippen molar-refractivity contribution in [3.8, 4) is 0 Å². The zero-order valence-corrected chi connectivity index (χ0v) is 17.7. The fourth-order valence-corrected chi connectivity index (χ4v) is 3.56. The number of carbonyl (C=O) groups excluding carboxylic acids is 2. The Morgan fingerprint density at radius 3 is 2.13 bits per heavy atom. The van der Waals surface area contributed by atoms with Gasteiger partial charge in [0.15, 0.2) is 0 Å². The molecule has 3 aromatic carbocycles. The van der Waals surface area contributed by atoms with Crippen LogP contribution in [-0.4, -0.2) is 11.8 Å². The molecule has 0 heterocycles. The van der Waals surface area contributed by atoms with E-state index in [1.807, 2.05) is 69.3 Å². The van der Waals surface area contributed by atoms with E-state index in [9.17, 15) is 9.59 Å². The molecule has 2 amide bonds. The average molecular weight is 401 g/mol. The molecule has 2 atom stereocenters. The molecular formula is C26H28N2O2. The summed E-state index contributed by atoms with van der Waals surface area (Å²) in [6.45, 7) is 6.08. The lowest BCUT2D eigenvalue weighted by atomic mass is 9.99. The van der Waals surface area contributed by atoms with Gasteiger partial charge in [-0.25, -0.2) is 0 Å².